The summed E-state index contributed by atoms with van der Waals surface area (Å²) in [5.74, 6) is 0.773. The summed E-state index contributed by atoms with van der Waals surface area (Å²) < 4.78 is 0. The molecule has 0 saturated heterocycles. The first-order chi connectivity index (χ1) is 6.65. The van der Waals surface area contributed by atoms with Crippen molar-refractivity contribution in [3.8, 4) is 5.75 Å². The third kappa shape index (κ3) is 1.30. The van der Waals surface area contributed by atoms with Crippen molar-refractivity contribution in [3.63, 3.8) is 0 Å². The van der Waals surface area contributed by atoms with E-state index in [0.717, 1.165) is 22.6 Å². The molecule has 2 nitrogen and oxygen atoms in total. The summed E-state index contributed by atoms with van der Waals surface area (Å²) >= 11 is 6.12. The third-order valence-corrected chi connectivity index (χ3v) is 3.32. The van der Waals surface area contributed by atoms with Crippen molar-refractivity contribution in [1.82, 2.24) is 5.32 Å². The highest BCUT2D eigenvalue weighted by atomic mass is 35.5. The summed E-state index contributed by atoms with van der Waals surface area (Å²) in [6, 6.07) is 3.67. The summed E-state index contributed by atoms with van der Waals surface area (Å²) in [5, 5.41) is 13.7. The molecule has 76 valence electrons. The largest absolute Gasteiger partial charge is 0.508 e. The lowest BCUT2D eigenvalue weighted by Crippen LogP contribution is -2.13. The molecule has 2 rings (SSSR count). The number of aromatic hydroxyl groups is 1. The van der Waals surface area contributed by atoms with Crippen molar-refractivity contribution in [1.29, 1.82) is 0 Å². The first-order valence-corrected chi connectivity index (χ1v) is 5.21. The number of benzene rings is 1. The normalized spacial score (nSPS) is 25.1. The van der Waals surface area contributed by atoms with Crippen LogP contribution in [0, 0.1) is 0 Å². The zero-order valence-corrected chi connectivity index (χ0v) is 9.10. The van der Waals surface area contributed by atoms with Crippen LogP contribution < -0.4 is 5.32 Å². The van der Waals surface area contributed by atoms with Crippen LogP contribution in [-0.2, 0) is 0 Å². The Labute approximate surface area is 88.9 Å². The maximum Gasteiger partial charge on any atom is 0.120 e. The fraction of sp³-hybridized carbons (Fsp3) is 0.455. The fourth-order valence-electron chi connectivity index (χ4n) is 2.32. The lowest BCUT2D eigenvalue weighted by molar-refractivity contribution is 0.454. The quantitative estimate of drug-likeness (QED) is 0.749. The molecule has 3 heteroatoms. The van der Waals surface area contributed by atoms with Crippen molar-refractivity contribution in [3.05, 3.63) is 28.3 Å². The summed E-state index contributed by atoms with van der Waals surface area (Å²) in [4.78, 5) is 0. The Morgan fingerprint density at radius 2 is 2.14 bits per heavy atom. The number of phenols is 1. The van der Waals surface area contributed by atoms with Gasteiger partial charge in [-0.1, -0.05) is 18.5 Å². The van der Waals surface area contributed by atoms with Gasteiger partial charge in [0, 0.05) is 16.6 Å². The molecule has 0 aromatic heterocycles. The van der Waals surface area contributed by atoms with E-state index in [2.05, 4.69) is 12.2 Å². The summed E-state index contributed by atoms with van der Waals surface area (Å²) in [6.07, 6.45) is 1.00. The van der Waals surface area contributed by atoms with E-state index in [-0.39, 0.29) is 6.04 Å². The SMILES string of the molecule is CNC1CC(C)c2c(Cl)ccc(O)c21. The van der Waals surface area contributed by atoms with Gasteiger partial charge >= 0.3 is 0 Å². The molecule has 1 aromatic carbocycles. The van der Waals surface area contributed by atoms with Gasteiger partial charge in [0.15, 0.2) is 0 Å². The van der Waals surface area contributed by atoms with E-state index >= 15 is 0 Å². The molecule has 0 spiro atoms. The maximum atomic E-state index is 9.78. The van der Waals surface area contributed by atoms with Gasteiger partial charge in [-0.15, -0.1) is 0 Å². The Balaban J connectivity index is 2.60. The Bertz CT molecular complexity index is 365. The van der Waals surface area contributed by atoms with Gasteiger partial charge in [0.2, 0.25) is 0 Å². The van der Waals surface area contributed by atoms with Crippen LogP contribution in [0.2, 0.25) is 5.02 Å². The number of halogens is 1. The van der Waals surface area contributed by atoms with E-state index < -0.39 is 0 Å². The van der Waals surface area contributed by atoms with Gasteiger partial charge in [-0.05, 0) is 37.1 Å². The van der Waals surface area contributed by atoms with Crippen LogP contribution in [0.3, 0.4) is 0 Å². The maximum absolute atomic E-state index is 9.78. The van der Waals surface area contributed by atoms with Crippen molar-refractivity contribution >= 4 is 11.6 Å². The number of fused-ring (bicyclic) bond motifs is 1. The topological polar surface area (TPSA) is 32.3 Å². The number of nitrogens with one attached hydrogen (secondary N) is 1. The molecule has 0 fully saturated rings. The van der Waals surface area contributed by atoms with E-state index in [1.807, 2.05) is 7.05 Å². The monoisotopic (exact) mass is 211 g/mol. The highest BCUT2D eigenvalue weighted by Gasteiger charge is 2.31. The van der Waals surface area contributed by atoms with Gasteiger partial charge in [0.05, 0.1) is 0 Å². The molecule has 0 heterocycles. The van der Waals surface area contributed by atoms with Crippen LogP contribution in [-0.4, -0.2) is 12.2 Å². The molecule has 0 saturated carbocycles. The molecule has 2 unspecified atom stereocenters. The molecule has 0 amide bonds. The van der Waals surface area contributed by atoms with Gasteiger partial charge in [0.25, 0.3) is 0 Å². The van der Waals surface area contributed by atoms with Gasteiger partial charge in [-0.2, -0.15) is 0 Å². The molecule has 14 heavy (non-hydrogen) atoms. The second-order valence-corrected chi connectivity index (χ2v) is 4.28. The predicted octanol–water partition coefficient (Wildman–Crippen LogP) is 2.81. The van der Waals surface area contributed by atoms with Crippen molar-refractivity contribution in [2.45, 2.75) is 25.3 Å². The third-order valence-electron chi connectivity index (χ3n) is 2.99. The molecular weight excluding hydrogens is 198 g/mol. The average Bonchev–Trinajstić information content (AvgIpc) is 2.50. The lowest BCUT2D eigenvalue weighted by Gasteiger charge is -2.11. The molecular formula is C11H14ClNO. The fourth-order valence-corrected chi connectivity index (χ4v) is 2.67. The molecule has 1 aliphatic carbocycles. The van der Waals surface area contributed by atoms with Crippen molar-refractivity contribution in [2.75, 3.05) is 7.05 Å². The molecule has 0 radical (unpaired) electrons. The number of rotatable bonds is 1. The minimum absolute atomic E-state index is 0.235. The number of hydrogen-bond donors (Lipinski definition) is 2. The Hall–Kier alpha value is -0.730. The first kappa shape index (κ1) is 9.81. The van der Waals surface area contributed by atoms with Crippen LogP contribution in [0.4, 0.5) is 0 Å². The molecule has 0 aliphatic heterocycles. The Morgan fingerprint density at radius 3 is 2.79 bits per heavy atom. The van der Waals surface area contributed by atoms with Gasteiger partial charge in [-0.3, -0.25) is 0 Å². The summed E-state index contributed by atoms with van der Waals surface area (Å²) in [6.45, 7) is 2.14. The minimum atomic E-state index is 0.235. The van der Waals surface area contributed by atoms with Crippen molar-refractivity contribution in [2.24, 2.45) is 0 Å². The van der Waals surface area contributed by atoms with Crippen LogP contribution in [0.15, 0.2) is 12.1 Å². The highest BCUT2D eigenvalue weighted by Crippen LogP contribution is 2.47. The summed E-state index contributed by atoms with van der Waals surface area (Å²) in [7, 11) is 1.91. The highest BCUT2D eigenvalue weighted by molar-refractivity contribution is 6.31. The molecule has 0 bridgehead atoms. The number of hydrogen-bond acceptors (Lipinski definition) is 2. The average molecular weight is 212 g/mol. The minimum Gasteiger partial charge on any atom is -0.508 e. The second kappa shape index (κ2) is 3.44. The van der Waals surface area contributed by atoms with Gasteiger partial charge < -0.3 is 10.4 Å². The first-order valence-electron chi connectivity index (χ1n) is 4.83. The summed E-state index contributed by atoms with van der Waals surface area (Å²) in [5.41, 5.74) is 2.08. The van der Waals surface area contributed by atoms with E-state index in [9.17, 15) is 5.11 Å². The van der Waals surface area contributed by atoms with Gasteiger partial charge in [-0.25, -0.2) is 0 Å². The molecule has 2 N–H and O–H groups in total. The Morgan fingerprint density at radius 1 is 1.43 bits per heavy atom. The number of phenolic OH excluding ortho intramolecular Hbond substituents is 1. The zero-order valence-electron chi connectivity index (χ0n) is 8.34. The molecule has 2 atom stereocenters. The van der Waals surface area contributed by atoms with Crippen LogP contribution in [0.1, 0.15) is 36.4 Å². The van der Waals surface area contributed by atoms with Crippen LogP contribution >= 0.6 is 11.6 Å². The Kier molecular flexibility index (Phi) is 2.41. The van der Waals surface area contributed by atoms with Gasteiger partial charge in [0.1, 0.15) is 5.75 Å². The molecule has 1 aromatic rings. The van der Waals surface area contributed by atoms with E-state index in [4.69, 9.17) is 11.6 Å². The predicted molar refractivity (Wildman–Crippen MR) is 57.9 cm³/mol. The smallest absolute Gasteiger partial charge is 0.120 e. The zero-order chi connectivity index (χ0) is 10.3. The molecule has 1 aliphatic rings. The second-order valence-electron chi connectivity index (χ2n) is 3.87. The van der Waals surface area contributed by atoms with Crippen molar-refractivity contribution < 1.29 is 5.11 Å². The standard InChI is InChI=1S/C11H14ClNO/c1-6-5-8(13-2)11-9(14)4-3-7(12)10(6)11/h3-4,6,8,13-14H,5H2,1-2H3. The van der Waals surface area contributed by atoms with Crippen LogP contribution in [0.25, 0.3) is 0 Å². The van der Waals surface area contributed by atoms with E-state index in [1.54, 1.807) is 12.1 Å². The van der Waals surface area contributed by atoms with Crippen LogP contribution in [0.5, 0.6) is 5.75 Å². The van der Waals surface area contributed by atoms with E-state index in [0.29, 0.717) is 11.7 Å². The van der Waals surface area contributed by atoms with E-state index in [1.165, 1.54) is 0 Å². The lowest BCUT2D eigenvalue weighted by atomic mass is 10.0.